The normalized spacial score (nSPS) is 11.4. The van der Waals surface area contributed by atoms with Gasteiger partial charge in [0.1, 0.15) is 12.4 Å². The predicted molar refractivity (Wildman–Crippen MR) is 76.0 cm³/mol. The van der Waals surface area contributed by atoms with Crippen LogP contribution >= 0.6 is 0 Å². The average molecular weight is 264 g/mol. The Balaban J connectivity index is 2.74. The molecule has 1 aromatic rings. The maximum atomic E-state index is 11.8. The number of aryl methyl sites for hydroxylation is 1. The third-order valence-electron chi connectivity index (χ3n) is 2.96. The molecule has 0 spiro atoms. The number of phenolic OH excluding ortho intramolecular Hbond substituents is 1. The minimum Gasteiger partial charge on any atom is -0.508 e. The van der Waals surface area contributed by atoms with Crippen LogP contribution in [0.5, 0.6) is 5.75 Å². The Hall–Kier alpha value is -1.51. The minimum atomic E-state index is -0.486. The van der Waals surface area contributed by atoms with E-state index in [4.69, 9.17) is 4.74 Å². The highest BCUT2D eigenvalue weighted by Crippen LogP contribution is 2.21. The van der Waals surface area contributed by atoms with Crippen LogP contribution in [0.25, 0.3) is 0 Å². The molecule has 1 N–H and O–H groups in total. The molecule has 0 atom stereocenters. The lowest BCUT2D eigenvalue weighted by atomic mass is 9.97. The first-order valence-corrected chi connectivity index (χ1v) is 6.82. The third kappa shape index (κ3) is 4.93. The van der Waals surface area contributed by atoms with Crippen LogP contribution in [-0.4, -0.2) is 11.1 Å². The Labute approximate surface area is 115 Å². The molecule has 0 unspecified atom stereocenters. The molecular weight excluding hydrogens is 240 g/mol. The van der Waals surface area contributed by atoms with Crippen molar-refractivity contribution in [2.45, 2.75) is 53.6 Å². The number of hydrogen-bond acceptors (Lipinski definition) is 3. The van der Waals surface area contributed by atoms with Gasteiger partial charge in [-0.2, -0.15) is 0 Å². The van der Waals surface area contributed by atoms with Gasteiger partial charge in [-0.1, -0.05) is 19.4 Å². The molecule has 19 heavy (non-hydrogen) atoms. The van der Waals surface area contributed by atoms with Gasteiger partial charge in [0.15, 0.2) is 0 Å². The van der Waals surface area contributed by atoms with E-state index < -0.39 is 5.41 Å². The highest BCUT2D eigenvalue weighted by atomic mass is 16.5. The molecule has 3 heteroatoms. The van der Waals surface area contributed by atoms with E-state index in [0.29, 0.717) is 0 Å². The minimum absolute atomic E-state index is 0.206. The van der Waals surface area contributed by atoms with Gasteiger partial charge in [-0.25, -0.2) is 0 Å². The van der Waals surface area contributed by atoms with Gasteiger partial charge in [0.2, 0.25) is 0 Å². The van der Waals surface area contributed by atoms with Gasteiger partial charge in [0, 0.05) is 0 Å². The molecule has 0 bridgehead atoms. The van der Waals surface area contributed by atoms with Crippen LogP contribution in [0.15, 0.2) is 18.2 Å². The number of benzene rings is 1. The number of esters is 1. The summed E-state index contributed by atoms with van der Waals surface area (Å²) in [5.41, 5.74) is 1.55. The van der Waals surface area contributed by atoms with Crippen molar-refractivity contribution in [3.05, 3.63) is 29.3 Å². The molecule has 106 valence electrons. The van der Waals surface area contributed by atoms with Crippen LogP contribution in [-0.2, 0) is 22.6 Å². The Morgan fingerprint density at radius 3 is 2.53 bits per heavy atom. The van der Waals surface area contributed by atoms with Crippen molar-refractivity contribution in [3.63, 3.8) is 0 Å². The number of ether oxygens (including phenoxy) is 1. The highest BCUT2D eigenvalue weighted by molar-refractivity contribution is 5.75. The van der Waals surface area contributed by atoms with E-state index in [9.17, 15) is 9.90 Å². The summed E-state index contributed by atoms with van der Waals surface area (Å²) < 4.78 is 5.33. The van der Waals surface area contributed by atoms with Gasteiger partial charge in [-0.05, 0) is 56.9 Å². The summed E-state index contributed by atoms with van der Waals surface area (Å²) >= 11 is 0. The SMILES string of the molecule is CCCCc1cc(O)ccc1COC(=O)C(C)(C)C. The summed E-state index contributed by atoms with van der Waals surface area (Å²) in [5.74, 6) is 0.0546. The summed E-state index contributed by atoms with van der Waals surface area (Å²) in [4.78, 5) is 11.8. The van der Waals surface area contributed by atoms with Crippen LogP contribution < -0.4 is 0 Å². The third-order valence-corrected chi connectivity index (χ3v) is 2.96. The summed E-state index contributed by atoms with van der Waals surface area (Å²) in [5, 5.41) is 9.54. The van der Waals surface area contributed by atoms with Crippen LogP contribution in [0.1, 0.15) is 51.7 Å². The number of unbranched alkanes of at least 4 members (excludes halogenated alkanes) is 1. The van der Waals surface area contributed by atoms with Gasteiger partial charge in [0.05, 0.1) is 5.41 Å². The van der Waals surface area contributed by atoms with Crippen molar-refractivity contribution in [2.24, 2.45) is 5.41 Å². The molecule has 0 aliphatic rings. The highest BCUT2D eigenvalue weighted by Gasteiger charge is 2.23. The monoisotopic (exact) mass is 264 g/mol. The quantitative estimate of drug-likeness (QED) is 0.822. The number of carbonyl (C=O) groups is 1. The molecule has 0 aliphatic carbocycles. The van der Waals surface area contributed by atoms with Crippen LogP contribution in [0, 0.1) is 5.41 Å². The van der Waals surface area contributed by atoms with E-state index in [-0.39, 0.29) is 18.3 Å². The smallest absolute Gasteiger partial charge is 0.311 e. The van der Waals surface area contributed by atoms with E-state index in [2.05, 4.69) is 6.92 Å². The Bertz CT molecular complexity index is 430. The lowest BCUT2D eigenvalue weighted by Gasteiger charge is -2.17. The molecule has 0 aliphatic heterocycles. The Morgan fingerprint density at radius 2 is 1.95 bits per heavy atom. The topological polar surface area (TPSA) is 46.5 Å². The summed E-state index contributed by atoms with van der Waals surface area (Å²) in [6.45, 7) is 7.91. The first-order valence-electron chi connectivity index (χ1n) is 6.82. The van der Waals surface area contributed by atoms with Crippen molar-refractivity contribution in [2.75, 3.05) is 0 Å². The molecule has 0 fully saturated rings. The molecule has 3 nitrogen and oxygen atoms in total. The van der Waals surface area contributed by atoms with Gasteiger partial charge >= 0.3 is 5.97 Å². The van der Waals surface area contributed by atoms with Crippen molar-refractivity contribution in [1.82, 2.24) is 0 Å². The van der Waals surface area contributed by atoms with Gasteiger partial charge in [0.25, 0.3) is 0 Å². The first kappa shape index (κ1) is 15.5. The zero-order valence-corrected chi connectivity index (χ0v) is 12.3. The fourth-order valence-electron chi connectivity index (χ4n) is 1.71. The molecule has 1 aromatic carbocycles. The van der Waals surface area contributed by atoms with Gasteiger partial charge < -0.3 is 9.84 Å². The maximum absolute atomic E-state index is 11.8. The maximum Gasteiger partial charge on any atom is 0.311 e. The lowest BCUT2D eigenvalue weighted by Crippen LogP contribution is -2.22. The van der Waals surface area contributed by atoms with E-state index in [0.717, 1.165) is 30.4 Å². The van der Waals surface area contributed by atoms with Crippen LogP contribution in [0.4, 0.5) is 0 Å². The number of hydrogen-bond donors (Lipinski definition) is 1. The Morgan fingerprint density at radius 1 is 1.26 bits per heavy atom. The number of phenols is 1. The predicted octanol–water partition coefficient (Wildman–Crippen LogP) is 3.82. The molecule has 0 amide bonds. The van der Waals surface area contributed by atoms with Crippen LogP contribution in [0.2, 0.25) is 0 Å². The zero-order valence-electron chi connectivity index (χ0n) is 12.3. The van der Waals surface area contributed by atoms with Gasteiger partial charge in [-0.15, -0.1) is 0 Å². The number of carbonyl (C=O) groups excluding carboxylic acids is 1. The van der Waals surface area contributed by atoms with Gasteiger partial charge in [-0.3, -0.25) is 4.79 Å². The van der Waals surface area contributed by atoms with Crippen LogP contribution in [0.3, 0.4) is 0 Å². The molecule has 0 heterocycles. The van der Waals surface area contributed by atoms with Crippen molar-refractivity contribution in [1.29, 1.82) is 0 Å². The summed E-state index contributed by atoms with van der Waals surface area (Å²) in [6.07, 6.45) is 3.05. The van der Waals surface area contributed by atoms with E-state index >= 15 is 0 Å². The number of rotatable bonds is 5. The fourth-order valence-corrected chi connectivity index (χ4v) is 1.71. The second-order valence-electron chi connectivity index (χ2n) is 5.88. The van der Waals surface area contributed by atoms with E-state index in [1.165, 1.54) is 0 Å². The molecule has 0 saturated carbocycles. The first-order chi connectivity index (χ1) is 8.84. The fraction of sp³-hybridized carbons (Fsp3) is 0.562. The van der Waals surface area contributed by atoms with E-state index in [1.807, 2.05) is 26.8 Å². The Kier molecular flexibility index (Phi) is 5.40. The van der Waals surface area contributed by atoms with Crippen molar-refractivity contribution >= 4 is 5.97 Å². The molecule has 0 saturated heterocycles. The molecule has 0 aromatic heterocycles. The zero-order chi connectivity index (χ0) is 14.5. The average Bonchev–Trinajstić information content (AvgIpc) is 2.33. The summed E-state index contributed by atoms with van der Waals surface area (Å²) in [6, 6.07) is 5.22. The van der Waals surface area contributed by atoms with Crippen molar-refractivity contribution < 1.29 is 14.6 Å². The largest absolute Gasteiger partial charge is 0.508 e. The summed E-state index contributed by atoms with van der Waals surface area (Å²) in [7, 11) is 0. The number of aromatic hydroxyl groups is 1. The van der Waals surface area contributed by atoms with E-state index in [1.54, 1.807) is 12.1 Å². The molecule has 1 rings (SSSR count). The second kappa shape index (κ2) is 6.60. The lowest BCUT2D eigenvalue weighted by molar-refractivity contribution is -0.154. The molecule has 0 radical (unpaired) electrons. The van der Waals surface area contributed by atoms with Crippen molar-refractivity contribution in [3.8, 4) is 5.75 Å². The standard InChI is InChI=1S/C16H24O3/c1-5-6-7-12-10-14(17)9-8-13(12)11-19-15(18)16(2,3)4/h8-10,17H,5-7,11H2,1-4H3. The molecular formula is C16H24O3. The second-order valence-corrected chi connectivity index (χ2v) is 5.88.